The topological polar surface area (TPSA) is 38.8 Å². The lowest BCUT2D eigenvalue weighted by atomic mass is 10.0. The van der Waals surface area contributed by atoms with Gasteiger partial charge in [0.05, 0.1) is 16.1 Å². The highest BCUT2D eigenvalue weighted by atomic mass is 35.5. The fourth-order valence-corrected chi connectivity index (χ4v) is 4.47. The molecule has 0 saturated carbocycles. The number of rotatable bonds is 3. The molecule has 0 aliphatic carbocycles. The zero-order valence-corrected chi connectivity index (χ0v) is 16.7. The summed E-state index contributed by atoms with van der Waals surface area (Å²) in [5, 5.41) is 2.26. The summed E-state index contributed by atoms with van der Waals surface area (Å²) in [4.78, 5) is 16.2. The smallest absolute Gasteiger partial charge is 0.231 e. The zero-order valence-electron chi connectivity index (χ0n) is 15.2. The normalized spacial score (nSPS) is 17.0. The highest BCUT2D eigenvalue weighted by molar-refractivity contribution is 7.09. The molecule has 0 spiro atoms. The summed E-state index contributed by atoms with van der Waals surface area (Å²) < 4.78 is 25.9. The summed E-state index contributed by atoms with van der Waals surface area (Å²) in [6.07, 6.45) is 1.36. The minimum absolute atomic E-state index is 0.0516. The highest BCUT2D eigenvalue weighted by Gasteiger charge is 2.34. The number of ether oxygens (including phenoxy) is 2. The van der Waals surface area contributed by atoms with E-state index in [-0.39, 0.29) is 22.1 Å². The Morgan fingerprint density at radius 2 is 2.10 bits per heavy atom. The van der Waals surface area contributed by atoms with Gasteiger partial charge in [-0.2, -0.15) is 0 Å². The van der Waals surface area contributed by atoms with Crippen LogP contribution in [0.25, 0.3) is 6.08 Å². The van der Waals surface area contributed by atoms with Crippen LogP contribution in [-0.2, 0) is 13.1 Å². The highest BCUT2D eigenvalue weighted by Crippen LogP contribution is 2.42. The minimum atomic E-state index is -0.509. The van der Waals surface area contributed by atoms with Crippen LogP contribution in [0.1, 0.15) is 26.4 Å². The molecule has 0 saturated heterocycles. The van der Waals surface area contributed by atoms with Crippen molar-refractivity contribution in [1.82, 2.24) is 4.90 Å². The molecule has 5 rings (SSSR count). The predicted molar refractivity (Wildman–Crippen MR) is 110 cm³/mol. The maximum Gasteiger partial charge on any atom is 0.231 e. The van der Waals surface area contributed by atoms with Crippen LogP contribution in [0.3, 0.4) is 0 Å². The number of carbonyl (C=O) groups excluding carboxylic acids is 1. The van der Waals surface area contributed by atoms with Gasteiger partial charge < -0.3 is 9.47 Å². The van der Waals surface area contributed by atoms with Crippen molar-refractivity contribution in [3.8, 4) is 11.5 Å². The standard InChI is InChI=1S/C22H15ClFNO3S/c23-17-4-1-5-18(24)15(17)9-20-21(26)14-6-7-19-16(22(14)28-20)11-25(12-27-19)10-13-3-2-8-29-13/h1-9H,10-12H2/b20-9-. The van der Waals surface area contributed by atoms with Crippen LogP contribution in [0.4, 0.5) is 4.39 Å². The van der Waals surface area contributed by atoms with Crippen molar-refractivity contribution in [1.29, 1.82) is 0 Å². The lowest BCUT2D eigenvalue weighted by molar-refractivity contribution is 0.0882. The molecule has 146 valence electrons. The van der Waals surface area contributed by atoms with E-state index in [9.17, 15) is 9.18 Å². The lowest BCUT2D eigenvalue weighted by Gasteiger charge is -2.29. The summed E-state index contributed by atoms with van der Waals surface area (Å²) in [6.45, 7) is 1.81. The van der Waals surface area contributed by atoms with Crippen molar-refractivity contribution in [2.45, 2.75) is 13.1 Å². The molecule has 0 bridgehead atoms. The number of nitrogens with zero attached hydrogens (tertiary/aromatic N) is 1. The molecule has 3 heterocycles. The first-order valence-corrected chi connectivity index (χ1v) is 10.3. The number of fused-ring (bicyclic) bond motifs is 3. The molecule has 2 aromatic carbocycles. The molecule has 0 amide bonds. The van der Waals surface area contributed by atoms with Gasteiger partial charge in [-0.3, -0.25) is 9.69 Å². The first-order chi connectivity index (χ1) is 14.1. The zero-order chi connectivity index (χ0) is 20.0. The largest absolute Gasteiger partial charge is 0.478 e. The van der Waals surface area contributed by atoms with Gasteiger partial charge in [0, 0.05) is 23.5 Å². The van der Waals surface area contributed by atoms with Crippen molar-refractivity contribution in [3.05, 3.63) is 86.0 Å². The van der Waals surface area contributed by atoms with Gasteiger partial charge in [0.2, 0.25) is 5.78 Å². The van der Waals surface area contributed by atoms with E-state index in [0.717, 1.165) is 12.1 Å². The van der Waals surface area contributed by atoms with Crippen LogP contribution in [0.15, 0.2) is 53.6 Å². The number of hydrogen-bond acceptors (Lipinski definition) is 5. The quantitative estimate of drug-likeness (QED) is 0.517. The Morgan fingerprint density at radius 3 is 2.90 bits per heavy atom. The molecule has 0 atom stereocenters. The number of Topliss-reactive ketones (excluding diaryl/α,β-unsaturated/α-hetero) is 1. The second-order valence-corrected chi connectivity index (χ2v) is 8.27. The molecular formula is C22H15ClFNO3S. The Hall–Kier alpha value is -2.67. The summed E-state index contributed by atoms with van der Waals surface area (Å²) in [5.41, 5.74) is 1.40. The number of ketones is 1. The van der Waals surface area contributed by atoms with Crippen molar-refractivity contribution < 1.29 is 18.7 Å². The monoisotopic (exact) mass is 427 g/mol. The van der Waals surface area contributed by atoms with Gasteiger partial charge in [-0.1, -0.05) is 23.7 Å². The average Bonchev–Trinajstić information content (AvgIpc) is 3.33. The molecule has 0 radical (unpaired) electrons. The average molecular weight is 428 g/mol. The van der Waals surface area contributed by atoms with E-state index in [0.29, 0.717) is 30.3 Å². The molecule has 7 heteroatoms. The van der Waals surface area contributed by atoms with Crippen LogP contribution >= 0.6 is 22.9 Å². The van der Waals surface area contributed by atoms with E-state index in [2.05, 4.69) is 11.0 Å². The van der Waals surface area contributed by atoms with Crippen LogP contribution in [0.2, 0.25) is 5.02 Å². The molecule has 2 aliphatic rings. The summed E-state index contributed by atoms with van der Waals surface area (Å²) in [5.74, 6) is 0.421. The van der Waals surface area contributed by atoms with E-state index in [1.54, 1.807) is 29.5 Å². The molecule has 0 fully saturated rings. The molecule has 1 aromatic heterocycles. The second-order valence-electron chi connectivity index (χ2n) is 6.83. The lowest BCUT2D eigenvalue weighted by Crippen LogP contribution is -2.31. The number of carbonyl (C=O) groups is 1. The Balaban J connectivity index is 1.48. The SMILES string of the molecule is O=C1/C(=C/c2c(F)cccc2Cl)Oc2c1ccc1c2CN(Cc2cccs2)CO1. The van der Waals surface area contributed by atoms with Crippen LogP contribution < -0.4 is 9.47 Å². The Kier molecular flexibility index (Phi) is 4.62. The molecular weight excluding hydrogens is 413 g/mol. The molecule has 2 aliphatic heterocycles. The van der Waals surface area contributed by atoms with Gasteiger partial charge in [-0.15, -0.1) is 11.3 Å². The van der Waals surface area contributed by atoms with Gasteiger partial charge in [0.25, 0.3) is 0 Å². The first kappa shape index (κ1) is 18.4. The summed E-state index contributed by atoms with van der Waals surface area (Å²) in [6, 6.07) is 12.0. The summed E-state index contributed by atoms with van der Waals surface area (Å²) in [7, 11) is 0. The first-order valence-electron chi connectivity index (χ1n) is 9.02. The molecule has 4 nitrogen and oxygen atoms in total. The van der Waals surface area contributed by atoms with Crippen molar-refractivity contribution in [2.24, 2.45) is 0 Å². The van der Waals surface area contributed by atoms with E-state index in [1.807, 2.05) is 11.4 Å². The van der Waals surface area contributed by atoms with Crippen LogP contribution in [0.5, 0.6) is 11.5 Å². The third-order valence-electron chi connectivity index (χ3n) is 4.92. The van der Waals surface area contributed by atoms with E-state index in [1.165, 1.54) is 23.1 Å². The fourth-order valence-electron chi connectivity index (χ4n) is 3.51. The van der Waals surface area contributed by atoms with Crippen LogP contribution in [-0.4, -0.2) is 17.4 Å². The van der Waals surface area contributed by atoms with E-state index in [4.69, 9.17) is 21.1 Å². The third-order valence-corrected chi connectivity index (χ3v) is 6.11. The molecule has 0 N–H and O–H groups in total. The Labute approximate surface area is 175 Å². The Bertz CT molecular complexity index is 1120. The van der Waals surface area contributed by atoms with E-state index < -0.39 is 5.82 Å². The Morgan fingerprint density at radius 1 is 1.21 bits per heavy atom. The predicted octanol–water partition coefficient (Wildman–Crippen LogP) is 5.51. The molecule has 3 aromatic rings. The van der Waals surface area contributed by atoms with Crippen LogP contribution in [0, 0.1) is 5.82 Å². The van der Waals surface area contributed by atoms with E-state index >= 15 is 0 Å². The number of thiophene rings is 1. The summed E-state index contributed by atoms with van der Waals surface area (Å²) >= 11 is 7.78. The van der Waals surface area contributed by atoms with Gasteiger partial charge in [0.1, 0.15) is 24.0 Å². The van der Waals surface area contributed by atoms with Gasteiger partial charge in [-0.05, 0) is 41.8 Å². The van der Waals surface area contributed by atoms with Crippen molar-refractivity contribution in [2.75, 3.05) is 6.73 Å². The number of benzene rings is 2. The molecule has 0 unspecified atom stereocenters. The van der Waals surface area contributed by atoms with Gasteiger partial charge >= 0.3 is 0 Å². The second kappa shape index (κ2) is 7.30. The van der Waals surface area contributed by atoms with Crippen molar-refractivity contribution >= 4 is 34.8 Å². The number of hydrogen-bond donors (Lipinski definition) is 0. The maximum absolute atomic E-state index is 14.1. The fraction of sp³-hybridized carbons (Fsp3) is 0.136. The minimum Gasteiger partial charge on any atom is -0.478 e. The molecule has 29 heavy (non-hydrogen) atoms. The van der Waals surface area contributed by atoms with Gasteiger partial charge in [0.15, 0.2) is 5.76 Å². The van der Waals surface area contributed by atoms with Crippen molar-refractivity contribution in [3.63, 3.8) is 0 Å². The van der Waals surface area contributed by atoms with Gasteiger partial charge in [-0.25, -0.2) is 4.39 Å². The third kappa shape index (κ3) is 3.33. The number of halogens is 2. The maximum atomic E-state index is 14.1. The number of allylic oxidation sites excluding steroid dienone is 1.